The Kier molecular flexibility index (Phi) is 6.25. The van der Waals surface area contributed by atoms with Gasteiger partial charge in [-0.25, -0.2) is 8.78 Å². The number of amides is 2. The van der Waals surface area contributed by atoms with Gasteiger partial charge in [0.15, 0.2) is 11.6 Å². The lowest BCUT2D eigenvalue weighted by Gasteiger charge is -2.21. The quantitative estimate of drug-likeness (QED) is 0.754. The number of carbonyl (C=O) groups is 2. The lowest BCUT2D eigenvalue weighted by atomic mass is 10.0. The van der Waals surface area contributed by atoms with E-state index >= 15 is 0 Å². The Hall–Kier alpha value is -2.51. The summed E-state index contributed by atoms with van der Waals surface area (Å²) in [5, 5.41) is 3.48. The predicted molar refractivity (Wildman–Crippen MR) is 115 cm³/mol. The molecule has 2 aliphatic rings. The molecule has 1 N–H and O–H groups in total. The van der Waals surface area contributed by atoms with Crippen molar-refractivity contribution in [1.29, 1.82) is 0 Å². The first kappa shape index (κ1) is 21.7. The molecular formula is C23H24ClF2N3O2. The number of hydrogen-bond donors (Lipinski definition) is 1. The van der Waals surface area contributed by atoms with Crippen LogP contribution in [0.15, 0.2) is 36.4 Å². The van der Waals surface area contributed by atoms with Crippen LogP contribution in [0.25, 0.3) is 0 Å². The van der Waals surface area contributed by atoms with Gasteiger partial charge in [0.1, 0.15) is 0 Å². The van der Waals surface area contributed by atoms with Crippen molar-refractivity contribution < 1.29 is 18.4 Å². The van der Waals surface area contributed by atoms with Gasteiger partial charge in [-0.2, -0.15) is 0 Å². The molecule has 2 amide bonds. The molecule has 0 aliphatic carbocycles. The van der Waals surface area contributed by atoms with E-state index in [1.165, 1.54) is 12.1 Å². The first-order chi connectivity index (χ1) is 14.8. The Balaban J connectivity index is 1.26. The highest BCUT2D eigenvalue weighted by Gasteiger charge is 2.42. The van der Waals surface area contributed by atoms with Gasteiger partial charge in [0.05, 0.1) is 5.56 Å². The molecule has 2 aromatic rings. The standard InChI is InChI=1S/C23H24ClF2N3O2/c1-14-5-6-17(9-19(14)24)27-21(30)7-8-28-10-15-12-29(13-16(15)11-28)23(31)18-3-2-4-20(25)22(18)26/h2-6,9,15-16H,7-8,10-13H2,1H3,(H,27,30). The lowest BCUT2D eigenvalue weighted by Crippen LogP contribution is -2.34. The normalized spacial score (nSPS) is 20.7. The van der Waals surface area contributed by atoms with Crippen molar-refractivity contribution in [3.05, 3.63) is 64.2 Å². The number of rotatable bonds is 5. The van der Waals surface area contributed by atoms with Gasteiger partial charge in [-0.15, -0.1) is 0 Å². The van der Waals surface area contributed by atoms with Crippen LogP contribution in [0.5, 0.6) is 0 Å². The van der Waals surface area contributed by atoms with E-state index in [-0.39, 0.29) is 23.3 Å². The Morgan fingerprint density at radius 1 is 1.10 bits per heavy atom. The number of nitrogens with zero attached hydrogens (tertiary/aromatic N) is 2. The van der Waals surface area contributed by atoms with Gasteiger partial charge < -0.3 is 15.1 Å². The van der Waals surface area contributed by atoms with Crippen molar-refractivity contribution in [2.24, 2.45) is 11.8 Å². The summed E-state index contributed by atoms with van der Waals surface area (Å²) >= 11 is 6.10. The fourth-order valence-corrected chi connectivity index (χ4v) is 4.61. The summed E-state index contributed by atoms with van der Waals surface area (Å²) in [5.41, 5.74) is 1.42. The number of carbonyl (C=O) groups excluding carboxylic acids is 2. The predicted octanol–water partition coefficient (Wildman–Crippen LogP) is 3.96. The van der Waals surface area contributed by atoms with Crippen LogP contribution in [-0.4, -0.2) is 54.3 Å². The van der Waals surface area contributed by atoms with Gasteiger partial charge in [-0.1, -0.05) is 23.7 Å². The second-order valence-electron chi connectivity index (χ2n) is 8.35. The third-order valence-electron chi connectivity index (χ3n) is 6.14. The molecule has 2 saturated heterocycles. The first-order valence-corrected chi connectivity index (χ1v) is 10.7. The second kappa shape index (κ2) is 8.93. The molecule has 31 heavy (non-hydrogen) atoms. The molecular weight excluding hydrogens is 424 g/mol. The summed E-state index contributed by atoms with van der Waals surface area (Å²) in [6, 6.07) is 9.10. The Morgan fingerprint density at radius 2 is 1.81 bits per heavy atom. The van der Waals surface area contributed by atoms with Crippen molar-refractivity contribution in [1.82, 2.24) is 9.80 Å². The molecule has 2 aliphatic heterocycles. The molecule has 2 atom stereocenters. The van der Waals surface area contributed by atoms with Crippen LogP contribution < -0.4 is 5.32 Å². The van der Waals surface area contributed by atoms with Gasteiger partial charge in [-0.05, 0) is 48.6 Å². The number of halogens is 3. The summed E-state index contributed by atoms with van der Waals surface area (Å²) in [6.45, 7) is 5.13. The summed E-state index contributed by atoms with van der Waals surface area (Å²) in [4.78, 5) is 28.7. The third kappa shape index (κ3) is 4.72. The molecule has 0 bridgehead atoms. The van der Waals surface area contributed by atoms with E-state index in [4.69, 9.17) is 11.6 Å². The zero-order chi connectivity index (χ0) is 22.1. The molecule has 164 valence electrons. The van der Waals surface area contributed by atoms with Crippen molar-refractivity contribution in [2.75, 3.05) is 38.0 Å². The molecule has 2 aromatic carbocycles. The highest BCUT2D eigenvalue weighted by atomic mass is 35.5. The molecule has 0 aromatic heterocycles. The minimum Gasteiger partial charge on any atom is -0.338 e. The average molecular weight is 448 g/mol. The highest BCUT2D eigenvalue weighted by Crippen LogP contribution is 2.32. The van der Waals surface area contributed by atoms with Gasteiger partial charge in [0.2, 0.25) is 5.91 Å². The van der Waals surface area contributed by atoms with Crippen molar-refractivity contribution in [2.45, 2.75) is 13.3 Å². The van der Waals surface area contributed by atoms with Gasteiger partial charge in [0.25, 0.3) is 5.91 Å². The molecule has 5 nitrogen and oxygen atoms in total. The van der Waals surface area contributed by atoms with E-state index in [1.54, 1.807) is 11.0 Å². The Morgan fingerprint density at radius 3 is 2.48 bits per heavy atom. The number of benzene rings is 2. The molecule has 0 saturated carbocycles. The molecule has 2 unspecified atom stereocenters. The minimum absolute atomic E-state index is 0.0737. The number of nitrogens with one attached hydrogen (secondary N) is 1. The van der Waals surface area contributed by atoms with E-state index in [0.717, 1.165) is 24.7 Å². The molecule has 0 spiro atoms. The summed E-state index contributed by atoms with van der Waals surface area (Å²) in [7, 11) is 0. The van der Waals surface area contributed by atoms with Crippen LogP contribution in [0.1, 0.15) is 22.3 Å². The maximum atomic E-state index is 14.0. The zero-order valence-corrected chi connectivity index (χ0v) is 18.0. The molecule has 0 radical (unpaired) electrons. The van der Waals surface area contributed by atoms with E-state index in [1.807, 2.05) is 19.1 Å². The Bertz CT molecular complexity index is 1000. The lowest BCUT2D eigenvalue weighted by molar-refractivity contribution is -0.116. The van der Waals surface area contributed by atoms with Crippen molar-refractivity contribution in [3.8, 4) is 0 Å². The average Bonchev–Trinajstić information content (AvgIpc) is 3.30. The minimum atomic E-state index is -1.09. The van der Waals surface area contributed by atoms with E-state index in [0.29, 0.717) is 36.8 Å². The van der Waals surface area contributed by atoms with Gasteiger partial charge >= 0.3 is 0 Å². The van der Waals surface area contributed by atoms with Gasteiger partial charge in [0, 0.05) is 49.9 Å². The van der Waals surface area contributed by atoms with Crippen molar-refractivity contribution >= 4 is 29.1 Å². The third-order valence-corrected chi connectivity index (χ3v) is 6.55. The SMILES string of the molecule is Cc1ccc(NC(=O)CCN2CC3CN(C(=O)c4cccc(F)c4F)CC3C2)cc1Cl. The van der Waals surface area contributed by atoms with Crippen LogP contribution in [-0.2, 0) is 4.79 Å². The number of hydrogen-bond acceptors (Lipinski definition) is 3. The maximum absolute atomic E-state index is 14.0. The number of fused-ring (bicyclic) bond motifs is 1. The van der Waals surface area contributed by atoms with Crippen LogP contribution in [0.2, 0.25) is 5.02 Å². The first-order valence-electron chi connectivity index (χ1n) is 10.3. The van der Waals surface area contributed by atoms with E-state index in [9.17, 15) is 18.4 Å². The molecule has 8 heteroatoms. The second-order valence-corrected chi connectivity index (χ2v) is 8.76. The maximum Gasteiger partial charge on any atom is 0.256 e. The molecule has 2 fully saturated rings. The zero-order valence-electron chi connectivity index (χ0n) is 17.2. The number of likely N-dealkylation sites (tertiary alicyclic amines) is 2. The topological polar surface area (TPSA) is 52.7 Å². The number of anilines is 1. The van der Waals surface area contributed by atoms with Crippen LogP contribution in [0.4, 0.5) is 14.5 Å². The van der Waals surface area contributed by atoms with Gasteiger partial charge in [-0.3, -0.25) is 9.59 Å². The monoisotopic (exact) mass is 447 g/mol. The van der Waals surface area contributed by atoms with Crippen LogP contribution >= 0.6 is 11.6 Å². The van der Waals surface area contributed by atoms with E-state index in [2.05, 4.69) is 10.2 Å². The molecule has 4 rings (SSSR count). The smallest absolute Gasteiger partial charge is 0.256 e. The summed E-state index contributed by atoms with van der Waals surface area (Å²) < 4.78 is 27.4. The largest absolute Gasteiger partial charge is 0.338 e. The summed E-state index contributed by atoms with van der Waals surface area (Å²) in [5.74, 6) is -2.09. The fourth-order valence-electron chi connectivity index (χ4n) is 4.43. The number of aryl methyl sites for hydroxylation is 1. The van der Waals surface area contributed by atoms with E-state index < -0.39 is 17.5 Å². The van der Waals surface area contributed by atoms with Crippen LogP contribution in [0.3, 0.4) is 0 Å². The highest BCUT2D eigenvalue weighted by molar-refractivity contribution is 6.31. The fraction of sp³-hybridized carbons (Fsp3) is 0.391. The summed E-state index contributed by atoms with van der Waals surface area (Å²) in [6.07, 6.45) is 0.363. The van der Waals surface area contributed by atoms with Crippen LogP contribution in [0, 0.1) is 30.4 Å². The van der Waals surface area contributed by atoms with Crippen molar-refractivity contribution in [3.63, 3.8) is 0 Å². The molecule has 2 heterocycles. The Labute approximate surface area is 185 Å².